The molecule has 1 heterocycles. The standard InChI is InChI=1S/C17H14F2N4O4S/c18-17(19)23-8-13-14(22-23)6-12(7-15(13)28(20,26)27)21-16(25)5-10-3-1-2-4-11(10)9-24/h1-4,6-9,17H,5H2,(H,21,25)(H2,20,26,27). The first-order valence-corrected chi connectivity index (χ1v) is 9.40. The number of hydrogen-bond donors (Lipinski definition) is 2. The van der Waals surface area contributed by atoms with E-state index in [1.54, 1.807) is 24.3 Å². The van der Waals surface area contributed by atoms with Crippen LogP contribution in [-0.4, -0.2) is 30.4 Å². The molecule has 3 aromatic rings. The van der Waals surface area contributed by atoms with Gasteiger partial charge in [-0.15, -0.1) is 0 Å². The fourth-order valence-electron chi connectivity index (χ4n) is 2.71. The van der Waals surface area contributed by atoms with Gasteiger partial charge in [0.05, 0.1) is 16.8 Å². The van der Waals surface area contributed by atoms with Crippen molar-refractivity contribution in [1.82, 2.24) is 9.78 Å². The van der Waals surface area contributed by atoms with Crippen LogP contribution in [0.1, 0.15) is 22.5 Å². The zero-order chi connectivity index (χ0) is 20.5. The third-order valence-electron chi connectivity index (χ3n) is 3.93. The normalized spacial score (nSPS) is 11.7. The first-order chi connectivity index (χ1) is 13.2. The molecule has 146 valence electrons. The van der Waals surface area contributed by atoms with Gasteiger partial charge in [-0.25, -0.2) is 18.2 Å². The molecule has 0 aliphatic carbocycles. The number of halogens is 2. The summed E-state index contributed by atoms with van der Waals surface area (Å²) < 4.78 is 49.7. The van der Waals surface area contributed by atoms with Gasteiger partial charge >= 0.3 is 6.55 Å². The Morgan fingerprint density at radius 1 is 1.29 bits per heavy atom. The molecule has 0 atom stereocenters. The summed E-state index contributed by atoms with van der Waals surface area (Å²) in [6.45, 7) is -2.97. The summed E-state index contributed by atoms with van der Waals surface area (Å²) in [4.78, 5) is 22.9. The van der Waals surface area contributed by atoms with Gasteiger partial charge < -0.3 is 5.32 Å². The molecule has 0 fully saturated rings. The number of aromatic nitrogens is 2. The van der Waals surface area contributed by atoms with E-state index in [9.17, 15) is 26.8 Å². The number of nitrogens with one attached hydrogen (secondary N) is 1. The number of alkyl halides is 2. The van der Waals surface area contributed by atoms with Crippen molar-refractivity contribution in [2.24, 2.45) is 5.14 Å². The van der Waals surface area contributed by atoms with Gasteiger partial charge in [-0.2, -0.15) is 13.9 Å². The molecule has 1 aromatic heterocycles. The Bertz CT molecular complexity index is 1180. The van der Waals surface area contributed by atoms with Gasteiger partial charge in [0.1, 0.15) is 6.29 Å². The molecule has 11 heteroatoms. The summed E-state index contributed by atoms with van der Waals surface area (Å²) in [5.41, 5.74) is 0.763. The van der Waals surface area contributed by atoms with Gasteiger partial charge in [-0.3, -0.25) is 9.59 Å². The van der Waals surface area contributed by atoms with Crippen molar-refractivity contribution < 1.29 is 26.8 Å². The summed E-state index contributed by atoms with van der Waals surface area (Å²) in [5, 5.41) is 11.2. The molecule has 0 spiro atoms. The summed E-state index contributed by atoms with van der Waals surface area (Å²) in [6.07, 6.45) is 1.33. The molecule has 28 heavy (non-hydrogen) atoms. The molecular formula is C17H14F2N4O4S. The Morgan fingerprint density at radius 2 is 2.00 bits per heavy atom. The quantitative estimate of drug-likeness (QED) is 0.604. The number of fused-ring (bicyclic) bond motifs is 1. The van der Waals surface area contributed by atoms with Crippen LogP contribution in [0.4, 0.5) is 14.5 Å². The number of rotatable bonds is 6. The molecule has 3 rings (SSSR count). The highest BCUT2D eigenvalue weighted by Gasteiger charge is 2.20. The van der Waals surface area contributed by atoms with Gasteiger partial charge in [-0.05, 0) is 17.7 Å². The van der Waals surface area contributed by atoms with Crippen LogP contribution in [0.5, 0.6) is 0 Å². The van der Waals surface area contributed by atoms with E-state index >= 15 is 0 Å². The Kier molecular flexibility index (Phi) is 5.21. The number of primary sulfonamides is 1. The minimum atomic E-state index is -4.27. The highest BCUT2D eigenvalue weighted by Crippen LogP contribution is 2.28. The molecule has 0 saturated heterocycles. The summed E-state index contributed by atoms with van der Waals surface area (Å²) in [7, 11) is -4.27. The Morgan fingerprint density at radius 3 is 2.64 bits per heavy atom. The molecule has 1 amide bonds. The highest BCUT2D eigenvalue weighted by molar-refractivity contribution is 7.89. The number of amides is 1. The van der Waals surface area contributed by atoms with Crippen LogP contribution in [0.15, 0.2) is 47.5 Å². The molecular weight excluding hydrogens is 394 g/mol. The second-order valence-electron chi connectivity index (χ2n) is 5.88. The van der Waals surface area contributed by atoms with Crippen LogP contribution in [0.25, 0.3) is 10.9 Å². The first kappa shape index (κ1) is 19.6. The molecule has 0 aliphatic rings. The van der Waals surface area contributed by atoms with Crippen LogP contribution in [0.3, 0.4) is 0 Å². The van der Waals surface area contributed by atoms with Crippen molar-refractivity contribution in [2.75, 3.05) is 5.32 Å². The lowest BCUT2D eigenvalue weighted by Gasteiger charge is -2.09. The SMILES string of the molecule is NS(=O)(=O)c1cc(NC(=O)Cc2ccccc2C=O)cc2nn(C(F)F)cc12. The van der Waals surface area contributed by atoms with E-state index in [1.165, 1.54) is 6.07 Å². The summed E-state index contributed by atoms with van der Waals surface area (Å²) >= 11 is 0. The number of nitrogens with two attached hydrogens (primary N) is 1. The maximum atomic E-state index is 12.9. The third kappa shape index (κ3) is 4.05. The monoisotopic (exact) mass is 408 g/mol. The van der Waals surface area contributed by atoms with Gasteiger partial charge in [0, 0.05) is 22.8 Å². The number of carbonyl (C=O) groups excluding carboxylic acids is 2. The van der Waals surface area contributed by atoms with Gasteiger partial charge in [0.25, 0.3) is 0 Å². The number of sulfonamides is 1. The van der Waals surface area contributed by atoms with E-state index in [0.29, 0.717) is 22.1 Å². The molecule has 2 aromatic carbocycles. The van der Waals surface area contributed by atoms with E-state index in [1.807, 2.05) is 0 Å². The van der Waals surface area contributed by atoms with Crippen LogP contribution in [0, 0.1) is 0 Å². The summed E-state index contributed by atoms with van der Waals surface area (Å²) in [5.74, 6) is -0.540. The average molecular weight is 408 g/mol. The van der Waals surface area contributed by atoms with Crippen LogP contribution in [-0.2, 0) is 21.2 Å². The van der Waals surface area contributed by atoms with Crippen LogP contribution < -0.4 is 10.5 Å². The molecule has 0 bridgehead atoms. The molecule has 3 N–H and O–H groups in total. The van der Waals surface area contributed by atoms with Crippen LogP contribution in [0.2, 0.25) is 0 Å². The fourth-order valence-corrected chi connectivity index (χ4v) is 3.46. The van der Waals surface area contributed by atoms with Crippen molar-refractivity contribution in [3.63, 3.8) is 0 Å². The minimum absolute atomic E-state index is 0.0182. The van der Waals surface area contributed by atoms with E-state index in [0.717, 1.165) is 12.3 Å². The number of hydrogen-bond acceptors (Lipinski definition) is 5. The predicted molar refractivity (Wildman–Crippen MR) is 96.5 cm³/mol. The first-order valence-electron chi connectivity index (χ1n) is 7.86. The molecule has 0 radical (unpaired) electrons. The van der Waals surface area contributed by atoms with Crippen LogP contribution >= 0.6 is 0 Å². The zero-order valence-corrected chi connectivity index (χ0v) is 15.0. The van der Waals surface area contributed by atoms with E-state index in [2.05, 4.69) is 10.4 Å². The van der Waals surface area contributed by atoms with E-state index in [4.69, 9.17) is 5.14 Å². The second-order valence-corrected chi connectivity index (χ2v) is 7.41. The lowest BCUT2D eigenvalue weighted by molar-refractivity contribution is -0.115. The van der Waals surface area contributed by atoms with Gasteiger partial charge in [0.2, 0.25) is 15.9 Å². The molecule has 0 unspecified atom stereocenters. The van der Waals surface area contributed by atoms with E-state index < -0.39 is 27.4 Å². The maximum Gasteiger partial charge on any atom is 0.333 e. The number of carbonyl (C=O) groups is 2. The number of aldehydes is 1. The molecule has 0 aliphatic heterocycles. The second kappa shape index (κ2) is 7.44. The molecule has 8 nitrogen and oxygen atoms in total. The lowest BCUT2D eigenvalue weighted by atomic mass is 10.1. The smallest absolute Gasteiger partial charge is 0.326 e. The average Bonchev–Trinajstić information content (AvgIpc) is 3.04. The zero-order valence-electron chi connectivity index (χ0n) is 14.2. The van der Waals surface area contributed by atoms with Crippen molar-refractivity contribution in [1.29, 1.82) is 0 Å². The Balaban J connectivity index is 1.96. The van der Waals surface area contributed by atoms with Gasteiger partial charge in [-0.1, -0.05) is 24.3 Å². The number of anilines is 1. The largest absolute Gasteiger partial charge is 0.333 e. The summed E-state index contributed by atoms with van der Waals surface area (Å²) in [6, 6.07) is 8.80. The fraction of sp³-hybridized carbons (Fsp3) is 0.118. The Labute approximate surface area is 158 Å². The minimum Gasteiger partial charge on any atom is -0.326 e. The highest BCUT2D eigenvalue weighted by atomic mass is 32.2. The van der Waals surface area contributed by atoms with Crippen molar-refractivity contribution in [2.45, 2.75) is 17.9 Å². The van der Waals surface area contributed by atoms with E-state index in [-0.39, 0.29) is 23.0 Å². The number of benzene rings is 2. The van der Waals surface area contributed by atoms with Crippen molar-refractivity contribution in [3.05, 3.63) is 53.7 Å². The Hall–Kier alpha value is -3.18. The third-order valence-corrected chi connectivity index (χ3v) is 4.88. The molecule has 0 saturated carbocycles. The lowest BCUT2D eigenvalue weighted by Crippen LogP contribution is -2.17. The number of nitrogens with zero attached hydrogens (tertiary/aromatic N) is 2. The van der Waals surface area contributed by atoms with Crippen molar-refractivity contribution >= 4 is 38.8 Å². The van der Waals surface area contributed by atoms with Gasteiger partial charge in [0.15, 0.2) is 0 Å². The van der Waals surface area contributed by atoms with Crippen molar-refractivity contribution in [3.8, 4) is 0 Å². The predicted octanol–water partition coefficient (Wildman–Crippen LogP) is 2.07. The maximum absolute atomic E-state index is 12.9. The topological polar surface area (TPSA) is 124 Å².